The molecule has 0 aliphatic carbocycles. The monoisotopic (exact) mass is 389 g/mol. The van der Waals surface area contributed by atoms with Crippen molar-refractivity contribution in [2.75, 3.05) is 5.32 Å². The van der Waals surface area contributed by atoms with Gasteiger partial charge < -0.3 is 14.3 Å². The number of halogens is 2. The maximum atomic E-state index is 13.7. The molecule has 0 unspecified atom stereocenters. The Morgan fingerprint density at radius 2 is 1.89 bits per heavy atom. The highest BCUT2D eigenvalue weighted by molar-refractivity contribution is 6.30. The van der Waals surface area contributed by atoms with E-state index in [4.69, 9.17) is 20.8 Å². The van der Waals surface area contributed by atoms with Gasteiger partial charge in [0.15, 0.2) is 5.76 Å². The first-order valence-electron chi connectivity index (χ1n) is 7.73. The van der Waals surface area contributed by atoms with Gasteiger partial charge >= 0.3 is 5.97 Å². The first kappa shape index (κ1) is 18.5. The average molecular weight is 390 g/mol. The van der Waals surface area contributed by atoms with Gasteiger partial charge in [-0.25, -0.2) is 4.39 Å². The predicted octanol–water partition coefficient (Wildman–Crippen LogP) is 4.62. The molecule has 3 rings (SSSR count). The standard InChI is InChI=1S/C19H13ClFNO5/c1-10(23)26-17-15(24)16(12-7-8-13(20)14(21)9-12)27-19(17)22-18(25)11-5-3-2-4-6-11/h2-9,24H,1H3,(H,22,25). The topological polar surface area (TPSA) is 88.8 Å². The Hall–Kier alpha value is -3.32. The molecule has 0 saturated carbocycles. The molecule has 0 fully saturated rings. The zero-order chi connectivity index (χ0) is 19.6. The molecule has 0 aliphatic rings. The van der Waals surface area contributed by atoms with Crippen LogP contribution in [0.25, 0.3) is 11.3 Å². The third kappa shape index (κ3) is 3.93. The van der Waals surface area contributed by atoms with Gasteiger partial charge in [0.1, 0.15) is 5.82 Å². The van der Waals surface area contributed by atoms with Crippen LogP contribution in [0, 0.1) is 5.82 Å². The molecule has 0 bridgehead atoms. The Balaban J connectivity index is 2.03. The summed E-state index contributed by atoms with van der Waals surface area (Å²) in [5.74, 6) is -3.44. The van der Waals surface area contributed by atoms with Crippen molar-refractivity contribution >= 4 is 29.4 Å². The highest BCUT2D eigenvalue weighted by atomic mass is 35.5. The quantitative estimate of drug-likeness (QED) is 0.635. The lowest BCUT2D eigenvalue weighted by molar-refractivity contribution is -0.132. The molecule has 1 amide bonds. The Morgan fingerprint density at radius 3 is 2.52 bits per heavy atom. The second-order valence-corrected chi connectivity index (χ2v) is 5.89. The number of nitrogens with one attached hydrogen (secondary N) is 1. The van der Waals surface area contributed by atoms with E-state index < -0.39 is 23.4 Å². The molecule has 3 aromatic rings. The SMILES string of the molecule is CC(=O)Oc1c(NC(=O)c2ccccc2)oc(-c2ccc(Cl)c(F)c2)c1O. The number of aromatic hydroxyl groups is 1. The Labute approximate surface area is 158 Å². The first-order valence-corrected chi connectivity index (χ1v) is 8.10. The molecular weight excluding hydrogens is 377 g/mol. The van der Waals surface area contributed by atoms with Gasteiger partial charge in [0, 0.05) is 18.1 Å². The summed E-state index contributed by atoms with van der Waals surface area (Å²) in [6, 6.07) is 11.9. The lowest BCUT2D eigenvalue weighted by Gasteiger charge is -2.04. The molecule has 0 saturated heterocycles. The lowest BCUT2D eigenvalue weighted by atomic mass is 10.1. The summed E-state index contributed by atoms with van der Waals surface area (Å²) in [5.41, 5.74) is 0.462. The second kappa shape index (κ2) is 7.51. The Kier molecular flexibility index (Phi) is 5.14. The molecule has 1 aromatic heterocycles. The molecule has 2 N–H and O–H groups in total. The van der Waals surface area contributed by atoms with E-state index in [0.29, 0.717) is 5.56 Å². The number of amides is 1. The van der Waals surface area contributed by atoms with Gasteiger partial charge in [-0.15, -0.1) is 0 Å². The van der Waals surface area contributed by atoms with Crippen molar-refractivity contribution in [1.82, 2.24) is 0 Å². The van der Waals surface area contributed by atoms with E-state index in [9.17, 15) is 19.1 Å². The van der Waals surface area contributed by atoms with Crippen LogP contribution in [0.1, 0.15) is 17.3 Å². The number of benzene rings is 2. The summed E-state index contributed by atoms with van der Waals surface area (Å²) in [6.45, 7) is 1.12. The number of carbonyl (C=O) groups is 2. The van der Waals surface area contributed by atoms with Crippen molar-refractivity contribution in [3.63, 3.8) is 0 Å². The van der Waals surface area contributed by atoms with Gasteiger partial charge in [-0.3, -0.25) is 14.9 Å². The first-order chi connectivity index (χ1) is 12.9. The maximum Gasteiger partial charge on any atom is 0.308 e. The van der Waals surface area contributed by atoms with Crippen LogP contribution in [0.4, 0.5) is 10.3 Å². The molecule has 0 radical (unpaired) electrons. The van der Waals surface area contributed by atoms with Gasteiger partial charge in [-0.1, -0.05) is 29.8 Å². The van der Waals surface area contributed by atoms with Crippen LogP contribution in [0.2, 0.25) is 5.02 Å². The summed E-state index contributed by atoms with van der Waals surface area (Å²) in [7, 11) is 0. The van der Waals surface area contributed by atoms with E-state index in [1.54, 1.807) is 30.3 Å². The van der Waals surface area contributed by atoms with Gasteiger partial charge in [0.05, 0.1) is 5.02 Å². The zero-order valence-corrected chi connectivity index (χ0v) is 14.7. The van der Waals surface area contributed by atoms with Gasteiger partial charge in [0.2, 0.25) is 17.4 Å². The number of hydrogen-bond donors (Lipinski definition) is 2. The number of furan rings is 1. The van der Waals surface area contributed by atoms with E-state index in [1.807, 2.05) is 0 Å². The molecule has 8 heteroatoms. The molecular formula is C19H13ClFNO5. The lowest BCUT2D eigenvalue weighted by Crippen LogP contribution is -2.12. The fourth-order valence-corrected chi connectivity index (χ4v) is 2.44. The predicted molar refractivity (Wildman–Crippen MR) is 96.5 cm³/mol. The summed E-state index contributed by atoms with van der Waals surface area (Å²) < 4.78 is 24.1. The average Bonchev–Trinajstić information content (AvgIpc) is 2.94. The van der Waals surface area contributed by atoms with Crippen molar-refractivity contribution in [3.05, 3.63) is 64.9 Å². The van der Waals surface area contributed by atoms with Crippen LogP contribution >= 0.6 is 11.6 Å². The second-order valence-electron chi connectivity index (χ2n) is 5.48. The highest BCUT2D eigenvalue weighted by Gasteiger charge is 2.26. The Morgan fingerprint density at radius 1 is 1.19 bits per heavy atom. The summed E-state index contributed by atoms with van der Waals surface area (Å²) in [6.07, 6.45) is 0. The van der Waals surface area contributed by atoms with Gasteiger partial charge in [0.25, 0.3) is 5.91 Å². The molecule has 2 aromatic carbocycles. The van der Waals surface area contributed by atoms with Gasteiger partial charge in [-0.2, -0.15) is 0 Å². The minimum absolute atomic E-state index is 0.109. The normalized spacial score (nSPS) is 10.5. The number of hydrogen-bond acceptors (Lipinski definition) is 5. The van der Waals surface area contributed by atoms with E-state index in [-0.39, 0.29) is 28.0 Å². The largest absolute Gasteiger partial charge is 0.502 e. The van der Waals surface area contributed by atoms with Crippen LogP contribution in [0.15, 0.2) is 52.9 Å². The van der Waals surface area contributed by atoms with Crippen molar-refractivity contribution in [1.29, 1.82) is 0 Å². The van der Waals surface area contributed by atoms with Crippen molar-refractivity contribution in [2.45, 2.75) is 6.92 Å². The number of esters is 1. The molecule has 27 heavy (non-hydrogen) atoms. The van der Waals surface area contributed by atoms with E-state index in [2.05, 4.69) is 5.32 Å². The fraction of sp³-hybridized carbons (Fsp3) is 0.0526. The van der Waals surface area contributed by atoms with E-state index in [0.717, 1.165) is 13.0 Å². The van der Waals surface area contributed by atoms with Crippen molar-refractivity contribution < 1.29 is 28.2 Å². The van der Waals surface area contributed by atoms with Gasteiger partial charge in [-0.05, 0) is 30.3 Å². The summed E-state index contributed by atoms with van der Waals surface area (Å²) in [4.78, 5) is 23.7. The molecule has 0 aliphatic heterocycles. The minimum atomic E-state index is -0.741. The third-order valence-electron chi connectivity index (χ3n) is 3.53. The Bertz CT molecular complexity index is 1020. The molecule has 0 spiro atoms. The maximum absolute atomic E-state index is 13.7. The molecule has 138 valence electrons. The fourth-order valence-electron chi connectivity index (χ4n) is 2.33. The summed E-state index contributed by atoms with van der Waals surface area (Å²) >= 11 is 5.66. The third-order valence-corrected chi connectivity index (χ3v) is 3.84. The number of anilines is 1. The van der Waals surface area contributed by atoms with Crippen LogP contribution in [0.5, 0.6) is 11.5 Å². The number of ether oxygens (including phenoxy) is 1. The molecule has 1 heterocycles. The van der Waals surface area contributed by atoms with Crippen LogP contribution in [-0.4, -0.2) is 17.0 Å². The highest BCUT2D eigenvalue weighted by Crippen LogP contribution is 2.46. The number of carbonyl (C=O) groups excluding carboxylic acids is 2. The molecule has 0 atom stereocenters. The van der Waals surface area contributed by atoms with Crippen molar-refractivity contribution in [3.8, 4) is 22.8 Å². The molecule has 6 nitrogen and oxygen atoms in total. The van der Waals surface area contributed by atoms with E-state index in [1.165, 1.54) is 12.1 Å². The van der Waals surface area contributed by atoms with Crippen LogP contribution in [0.3, 0.4) is 0 Å². The number of rotatable bonds is 4. The van der Waals surface area contributed by atoms with E-state index >= 15 is 0 Å². The van der Waals surface area contributed by atoms with Crippen LogP contribution in [-0.2, 0) is 4.79 Å². The summed E-state index contributed by atoms with van der Waals surface area (Å²) in [5, 5.41) is 12.7. The van der Waals surface area contributed by atoms with Crippen LogP contribution < -0.4 is 10.1 Å². The smallest absolute Gasteiger partial charge is 0.308 e. The zero-order valence-electron chi connectivity index (χ0n) is 14.0. The van der Waals surface area contributed by atoms with Crippen molar-refractivity contribution in [2.24, 2.45) is 0 Å². The minimum Gasteiger partial charge on any atom is -0.502 e.